The maximum absolute atomic E-state index is 5.68. The Morgan fingerprint density at radius 2 is 2.20 bits per heavy atom. The molecule has 2 radical (unpaired) electrons. The van der Waals surface area contributed by atoms with Gasteiger partial charge in [-0.05, 0) is 6.42 Å². The van der Waals surface area contributed by atoms with Crippen molar-refractivity contribution in [2.45, 2.75) is 6.42 Å². The fourth-order valence-corrected chi connectivity index (χ4v) is 1.49. The lowest BCUT2D eigenvalue weighted by Crippen LogP contribution is -2.46. The topological polar surface area (TPSA) is 18.8 Å². The van der Waals surface area contributed by atoms with Crippen LogP contribution < -0.4 is 0 Å². The standard InChI is InChI=1S/C6H10BN3/c7-10-4-1-3-9-5-2-8-6(9)10/h1-5H2. The molecule has 3 nitrogen and oxygen atoms in total. The van der Waals surface area contributed by atoms with Crippen molar-refractivity contribution in [2.75, 3.05) is 26.2 Å². The molecule has 52 valence electrons. The van der Waals surface area contributed by atoms with Crippen molar-refractivity contribution in [3.63, 3.8) is 0 Å². The van der Waals surface area contributed by atoms with E-state index in [4.69, 9.17) is 7.98 Å². The van der Waals surface area contributed by atoms with Crippen LogP contribution in [-0.2, 0) is 0 Å². The molecular weight excluding hydrogens is 125 g/mol. The first-order valence-corrected chi connectivity index (χ1v) is 3.69. The second kappa shape index (κ2) is 2.18. The summed E-state index contributed by atoms with van der Waals surface area (Å²) < 4.78 is 0. The Balaban J connectivity index is 2.15. The minimum absolute atomic E-state index is 0.920. The first kappa shape index (κ1) is 6.07. The summed E-state index contributed by atoms with van der Waals surface area (Å²) >= 11 is 0. The lowest BCUT2D eigenvalue weighted by molar-refractivity contribution is 0.352. The summed E-state index contributed by atoms with van der Waals surface area (Å²) in [6, 6.07) is 0. The fourth-order valence-electron chi connectivity index (χ4n) is 1.49. The van der Waals surface area contributed by atoms with Crippen LogP contribution in [0.1, 0.15) is 6.42 Å². The summed E-state index contributed by atoms with van der Waals surface area (Å²) in [5.41, 5.74) is 0. The van der Waals surface area contributed by atoms with E-state index in [0.29, 0.717) is 0 Å². The quantitative estimate of drug-likeness (QED) is 0.415. The third-order valence-electron chi connectivity index (χ3n) is 1.99. The molecule has 2 aliphatic rings. The van der Waals surface area contributed by atoms with Crippen LogP contribution in [0.25, 0.3) is 0 Å². The van der Waals surface area contributed by atoms with Crippen LogP contribution in [-0.4, -0.2) is 49.8 Å². The van der Waals surface area contributed by atoms with Gasteiger partial charge in [-0.2, -0.15) is 0 Å². The molecule has 0 spiro atoms. The molecule has 0 amide bonds. The van der Waals surface area contributed by atoms with Gasteiger partial charge in [0.25, 0.3) is 0 Å². The van der Waals surface area contributed by atoms with E-state index in [0.717, 1.165) is 38.6 Å². The Morgan fingerprint density at radius 3 is 3.00 bits per heavy atom. The van der Waals surface area contributed by atoms with Gasteiger partial charge in [-0.15, -0.1) is 0 Å². The van der Waals surface area contributed by atoms with Crippen molar-refractivity contribution >= 4 is 13.9 Å². The van der Waals surface area contributed by atoms with Crippen LogP contribution in [0.4, 0.5) is 0 Å². The summed E-state index contributed by atoms with van der Waals surface area (Å²) in [7, 11) is 5.68. The van der Waals surface area contributed by atoms with Crippen molar-refractivity contribution in [2.24, 2.45) is 4.99 Å². The number of nitrogens with zero attached hydrogens (tertiary/aromatic N) is 3. The molecular formula is C6H10BN3. The third-order valence-corrected chi connectivity index (χ3v) is 1.99. The van der Waals surface area contributed by atoms with Gasteiger partial charge < -0.3 is 9.71 Å². The monoisotopic (exact) mass is 135 g/mol. The highest BCUT2D eigenvalue weighted by Crippen LogP contribution is 2.10. The molecule has 4 heteroatoms. The van der Waals surface area contributed by atoms with Crippen molar-refractivity contribution in [1.29, 1.82) is 0 Å². The fraction of sp³-hybridized carbons (Fsp3) is 0.833. The van der Waals surface area contributed by atoms with Crippen LogP contribution in [0.15, 0.2) is 4.99 Å². The van der Waals surface area contributed by atoms with Gasteiger partial charge in [0, 0.05) is 19.6 Å². The minimum atomic E-state index is 0.920. The van der Waals surface area contributed by atoms with Gasteiger partial charge >= 0.3 is 0 Å². The highest BCUT2D eigenvalue weighted by Gasteiger charge is 2.22. The van der Waals surface area contributed by atoms with Crippen molar-refractivity contribution < 1.29 is 0 Å². The van der Waals surface area contributed by atoms with Crippen molar-refractivity contribution in [3.05, 3.63) is 0 Å². The molecule has 0 aromatic rings. The van der Waals surface area contributed by atoms with E-state index in [1.807, 2.05) is 0 Å². The van der Waals surface area contributed by atoms with Crippen LogP contribution in [0.2, 0.25) is 0 Å². The van der Waals surface area contributed by atoms with E-state index in [-0.39, 0.29) is 0 Å². The Bertz CT molecular complexity index is 168. The second-order valence-corrected chi connectivity index (χ2v) is 2.72. The summed E-state index contributed by atoms with van der Waals surface area (Å²) in [6.45, 7) is 4.06. The molecule has 0 N–H and O–H groups in total. The zero-order valence-corrected chi connectivity index (χ0v) is 5.95. The van der Waals surface area contributed by atoms with E-state index in [1.54, 1.807) is 4.81 Å². The molecule has 10 heavy (non-hydrogen) atoms. The molecule has 0 atom stereocenters. The highest BCUT2D eigenvalue weighted by molar-refractivity contribution is 6.15. The molecule has 0 bridgehead atoms. The number of hydrogen-bond acceptors (Lipinski definition) is 3. The number of hydrogen-bond donors (Lipinski definition) is 0. The number of rotatable bonds is 0. The smallest absolute Gasteiger partial charge is 0.230 e. The Labute approximate surface area is 62.1 Å². The molecule has 0 aromatic carbocycles. The second-order valence-electron chi connectivity index (χ2n) is 2.72. The maximum atomic E-state index is 5.68. The molecule has 2 aliphatic heterocycles. The normalized spacial score (nSPS) is 24.6. The van der Waals surface area contributed by atoms with E-state index in [9.17, 15) is 0 Å². The molecule has 0 aromatic heterocycles. The Kier molecular flexibility index (Phi) is 1.32. The van der Waals surface area contributed by atoms with Crippen molar-refractivity contribution in [1.82, 2.24) is 9.71 Å². The Hall–Kier alpha value is -0.665. The average Bonchev–Trinajstić information content (AvgIpc) is 2.36. The van der Waals surface area contributed by atoms with Crippen LogP contribution >= 0.6 is 0 Å². The lowest BCUT2D eigenvalue weighted by atomic mass is 10.2. The maximum Gasteiger partial charge on any atom is 0.230 e. The van der Waals surface area contributed by atoms with E-state index >= 15 is 0 Å². The Morgan fingerprint density at radius 1 is 1.30 bits per heavy atom. The molecule has 0 saturated carbocycles. The van der Waals surface area contributed by atoms with Gasteiger partial charge in [0.05, 0.1) is 6.54 Å². The van der Waals surface area contributed by atoms with Crippen molar-refractivity contribution in [3.8, 4) is 0 Å². The number of guanidine groups is 1. The number of aliphatic imine (C=N–C) groups is 1. The summed E-state index contributed by atoms with van der Waals surface area (Å²) in [5, 5.41) is 0. The molecule has 1 fully saturated rings. The first-order chi connectivity index (χ1) is 4.88. The van der Waals surface area contributed by atoms with Gasteiger partial charge in [-0.1, -0.05) is 0 Å². The molecule has 0 unspecified atom stereocenters. The van der Waals surface area contributed by atoms with Gasteiger partial charge in [0.15, 0.2) is 5.96 Å². The molecule has 2 rings (SSSR count). The minimum Gasteiger partial charge on any atom is -0.397 e. The predicted molar refractivity (Wildman–Crippen MR) is 41.0 cm³/mol. The summed E-state index contributed by atoms with van der Waals surface area (Å²) in [5.74, 6) is 0.992. The van der Waals surface area contributed by atoms with Gasteiger partial charge in [-0.3, -0.25) is 4.99 Å². The molecule has 1 saturated heterocycles. The largest absolute Gasteiger partial charge is 0.397 e. The SMILES string of the molecule is [B]N1CCCN2CCN=C12. The average molecular weight is 135 g/mol. The lowest BCUT2D eigenvalue weighted by Gasteiger charge is -2.33. The van der Waals surface area contributed by atoms with Crippen LogP contribution in [0.3, 0.4) is 0 Å². The van der Waals surface area contributed by atoms with Gasteiger partial charge in [0.2, 0.25) is 7.98 Å². The van der Waals surface area contributed by atoms with Gasteiger partial charge in [0.1, 0.15) is 0 Å². The van der Waals surface area contributed by atoms with E-state index < -0.39 is 0 Å². The molecule has 2 heterocycles. The predicted octanol–water partition coefficient (Wildman–Crippen LogP) is -0.553. The van der Waals surface area contributed by atoms with E-state index in [2.05, 4.69) is 9.89 Å². The van der Waals surface area contributed by atoms with Gasteiger partial charge in [-0.25, -0.2) is 0 Å². The van der Waals surface area contributed by atoms with E-state index in [1.165, 1.54) is 0 Å². The zero-order chi connectivity index (χ0) is 6.97. The summed E-state index contributed by atoms with van der Waals surface area (Å²) in [6.07, 6.45) is 1.16. The summed E-state index contributed by atoms with van der Waals surface area (Å²) in [4.78, 5) is 8.27. The van der Waals surface area contributed by atoms with Crippen LogP contribution in [0, 0.1) is 0 Å². The number of fused-ring (bicyclic) bond motifs is 1. The molecule has 0 aliphatic carbocycles. The highest BCUT2D eigenvalue weighted by atomic mass is 15.4. The zero-order valence-electron chi connectivity index (χ0n) is 5.95. The third kappa shape index (κ3) is 0.787. The van der Waals surface area contributed by atoms with Crippen LogP contribution in [0.5, 0.6) is 0 Å². The first-order valence-electron chi connectivity index (χ1n) is 3.69.